The standard InChI is InChI=1S/C18H16N4O2/c1-9-5-7-10(8-6-9)13-14-11(3-2-4-12(14)23)20-16-15(13)17(24)22-18(19)21-16/h5-8H,2-4H2,1H3,(H3,19,20,21,22,24). The highest BCUT2D eigenvalue weighted by Gasteiger charge is 2.27. The number of benzene rings is 1. The molecule has 2 heterocycles. The lowest BCUT2D eigenvalue weighted by Crippen LogP contribution is -2.20. The summed E-state index contributed by atoms with van der Waals surface area (Å²) in [5.41, 5.74) is 9.37. The van der Waals surface area contributed by atoms with Crippen LogP contribution >= 0.6 is 0 Å². The summed E-state index contributed by atoms with van der Waals surface area (Å²) in [6.45, 7) is 1.99. The maximum atomic E-state index is 12.6. The Morgan fingerprint density at radius 2 is 1.79 bits per heavy atom. The Morgan fingerprint density at radius 3 is 2.54 bits per heavy atom. The first kappa shape index (κ1) is 14.6. The molecule has 120 valence electrons. The number of aryl methyl sites for hydroxylation is 2. The highest BCUT2D eigenvalue weighted by Crippen LogP contribution is 2.34. The Bertz CT molecular complexity index is 1040. The normalized spacial score (nSPS) is 14.0. The number of nitrogens with one attached hydrogen (secondary N) is 1. The van der Waals surface area contributed by atoms with Gasteiger partial charge in [0, 0.05) is 17.5 Å². The number of hydrogen-bond acceptors (Lipinski definition) is 5. The molecule has 0 amide bonds. The summed E-state index contributed by atoms with van der Waals surface area (Å²) in [5, 5.41) is 0.321. The van der Waals surface area contributed by atoms with Crippen molar-refractivity contribution in [1.29, 1.82) is 0 Å². The lowest BCUT2D eigenvalue weighted by Gasteiger charge is -2.19. The summed E-state index contributed by atoms with van der Waals surface area (Å²) in [4.78, 5) is 36.2. The van der Waals surface area contributed by atoms with Gasteiger partial charge in [0.15, 0.2) is 11.4 Å². The topological polar surface area (TPSA) is 102 Å². The van der Waals surface area contributed by atoms with E-state index in [2.05, 4.69) is 15.0 Å². The number of pyridine rings is 1. The van der Waals surface area contributed by atoms with E-state index in [1.165, 1.54) is 0 Å². The molecule has 0 radical (unpaired) electrons. The summed E-state index contributed by atoms with van der Waals surface area (Å²) in [6.07, 6.45) is 1.93. The van der Waals surface area contributed by atoms with E-state index in [4.69, 9.17) is 5.73 Å². The van der Waals surface area contributed by atoms with Crippen molar-refractivity contribution < 1.29 is 4.79 Å². The monoisotopic (exact) mass is 320 g/mol. The number of nitrogens with zero attached hydrogens (tertiary/aromatic N) is 2. The molecule has 1 aliphatic carbocycles. The Labute approximate surface area is 137 Å². The second kappa shape index (κ2) is 5.26. The van der Waals surface area contributed by atoms with E-state index in [1.807, 2.05) is 31.2 Å². The molecule has 3 aromatic rings. The van der Waals surface area contributed by atoms with Crippen molar-refractivity contribution in [3.8, 4) is 11.1 Å². The number of anilines is 1. The van der Waals surface area contributed by atoms with E-state index in [-0.39, 0.29) is 17.3 Å². The lowest BCUT2D eigenvalue weighted by atomic mass is 9.86. The molecule has 6 heteroatoms. The molecule has 0 aliphatic heterocycles. The average Bonchev–Trinajstić information content (AvgIpc) is 2.54. The number of fused-ring (bicyclic) bond motifs is 2. The van der Waals surface area contributed by atoms with E-state index in [0.29, 0.717) is 40.7 Å². The van der Waals surface area contributed by atoms with Crippen molar-refractivity contribution in [2.45, 2.75) is 26.2 Å². The highest BCUT2D eigenvalue weighted by atomic mass is 16.1. The molecule has 24 heavy (non-hydrogen) atoms. The number of aromatic amines is 1. The fourth-order valence-corrected chi connectivity index (χ4v) is 3.27. The van der Waals surface area contributed by atoms with Crippen LogP contribution < -0.4 is 11.3 Å². The number of ketones is 1. The van der Waals surface area contributed by atoms with Gasteiger partial charge in [-0.1, -0.05) is 29.8 Å². The zero-order chi connectivity index (χ0) is 16.8. The number of nitrogen functional groups attached to an aromatic ring is 1. The van der Waals surface area contributed by atoms with Gasteiger partial charge in [0.05, 0.1) is 11.1 Å². The maximum Gasteiger partial charge on any atom is 0.262 e. The molecule has 0 spiro atoms. The van der Waals surface area contributed by atoms with Crippen molar-refractivity contribution in [2.75, 3.05) is 5.73 Å². The van der Waals surface area contributed by atoms with Crippen LogP contribution in [0.25, 0.3) is 22.2 Å². The summed E-state index contributed by atoms with van der Waals surface area (Å²) in [6, 6.07) is 7.75. The number of hydrogen-bond donors (Lipinski definition) is 2. The number of carbonyl (C=O) groups excluding carboxylic acids is 1. The van der Waals surface area contributed by atoms with Crippen LogP contribution in [0, 0.1) is 6.92 Å². The van der Waals surface area contributed by atoms with Gasteiger partial charge in [0.2, 0.25) is 5.95 Å². The van der Waals surface area contributed by atoms with Crippen molar-refractivity contribution in [3.63, 3.8) is 0 Å². The van der Waals surface area contributed by atoms with Crippen LogP contribution in [0.15, 0.2) is 29.1 Å². The molecular weight excluding hydrogens is 304 g/mol. The Morgan fingerprint density at radius 1 is 1.04 bits per heavy atom. The molecule has 1 aliphatic rings. The second-order valence-electron chi connectivity index (χ2n) is 6.10. The van der Waals surface area contributed by atoms with Gasteiger partial charge >= 0.3 is 0 Å². The van der Waals surface area contributed by atoms with Gasteiger partial charge in [-0.2, -0.15) is 4.98 Å². The summed E-state index contributed by atoms with van der Waals surface area (Å²) in [5.74, 6) is 0.0504. The maximum absolute atomic E-state index is 12.6. The minimum Gasteiger partial charge on any atom is -0.369 e. The smallest absolute Gasteiger partial charge is 0.262 e. The van der Waals surface area contributed by atoms with E-state index in [1.54, 1.807) is 0 Å². The van der Waals surface area contributed by atoms with Crippen LogP contribution in [0.1, 0.15) is 34.5 Å². The number of rotatable bonds is 1. The quantitative estimate of drug-likeness (QED) is 0.717. The van der Waals surface area contributed by atoms with Gasteiger partial charge in [-0.25, -0.2) is 4.98 Å². The zero-order valence-electron chi connectivity index (χ0n) is 13.2. The van der Waals surface area contributed by atoms with Crippen molar-refractivity contribution >= 4 is 22.8 Å². The first-order chi connectivity index (χ1) is 11.5. The van der Waals surface area contributed by atoms with E-state index >= 15 is 0 Å². The number of carbonyl (C=O) groups is 1. The Kier molecular flexibility index (Phi) is 3.19. The lowest BCUT2D eigenvalue weighted by molar-refractivity contribution is 0.0972. The third-order valence-corrected chi connectivity index (χ3v) is 4.38. The molecule has 0 fully saturated rings. The second-order valence-corrected chi connectivity index (χ2v) is 6.10. The summed E-state index contributed by atoms with van der Waals surface area (Å²) >= 11 is 0. The number of Topliss-reactive ketones (excluding diaryl/α,β-unsaturated/α-hetero) is 1. The SMILES string of the molecule is Cc1ccc(-c2c3c(nc4nc(N)[nH]c(=O)c24)CCCC3=O)cc1. The van der Waals surface area contributed by atoms with Gasteiger partial charge in [0.25, 0.3) is 5.56 Å². The van der Waals surface area contributed by atoms with Crippen LogP contribution in [0.5, 0.6) is 0 Å². The number of H-pyrrole nitrogens is 1. The molecule has 4 rings (SSSR count). The van der Waals surface area contributed by atoms with Gasteiger partial charge in [-0.15, -0.1) is 0 Å². The minimum absolute atomic E-state index is 0.0249. The van der Waals surface area contributed by atoms with Crippen molar-refractivity contribution in [2.24, 2.45) is 0 Å². The highest BCUT2D eigenvalue weighted by molar-refractivity contribution is 6.10. The van der Waals surface area contributed by atoms with Crippen LogP contribution in [0.4, 0.5) is 5.95 Å². The molecule has 3 N–H and O–H groups in total. The Hall–Kier alpha value is -3.02. The molecule has 0 saturated carbocycles. The van der Waals surface area contributed by atoms with Crippen LogP contribution in [-0.2, 0) is 6.42 Å². The average molecular weight is 320 g/mol. The van der Waals surface area contributed by atoms with Gasteiger partial charge < -0.3 is 5.73 Å². The van der Waals surface area contributed by atoms with Crippen LogP contribution in [-0.4, -0.2) is 20.7 Å². The molecule has 0 unspecified atom stereocenters. The number of aromatic nitrogens is 3. The zero-order valence-corrected chi connectivity index (χ0v) is 13.2. The fraction of sp³-hybridized carbons (Fsp3) is 0.222. The minimum atomic E-state index is -0.373. The van der Waals surface area contributed by atoms with E-state index in [0.717, 1.165) is 17.5 Å². The van der Waals surface area contributed by atoms with Crippen molar-refractivity contribution in [3.05, 3.63) is 51.4 Å². The first-order valence-electron chi connectivity index (χ1n) is 7.87. The van der Waals surface area contributed by atoms with Crippen molar-refractivity contribution in [1.82, 2.24) is 15.0 Å². The third kappa shape index (κ3) is 2.19. The molecule has 6 nitrogen and oxygen atoms in total. The molecule has 0 bridgehead atoms. The van der Waals surface area contributed by atoms with E-state index < -0.39 is 0 Å². The van der Waals surface area contributed by atoms with E-state index in [9.17, 15) is 9.59 Å². The molecular formula is C18H16N4O2. The molecule has 0 atom stereocenters. The predicted octanol–water partition coefficient (Wildman–Crippen LogP) is 2.39. The van der Waals surface area contributed by atoms with Gasteiger partial charge in [0.1, 0.15) is 0 Å². The fourth-order valence-electron chi connectivity index (χ4n) is 3.27. The molecule has 0 saturated heterocycles. The summed E-state index contributed by atoms with van der Waals surface area (Å²) < 4.78 is 0. The number of nitrogens with two attached hydrogens (primary N) is 1. The van der Waals surface area contributed by atoms with Crippen LogP contribution in [0.2, 0.25) is 0 Å². The third-order valence-electron chi connectivity index (χ3n) is 4.38. The largest absolute Gasteiger partial charge is 0.369 e. The van der Waals surface area contributed by atoms with Gasteiger partial charge in [-0.3, -0.25) is 14.6 Å². The summed E-state index contributed by atoms with van der Waals surface area (Å²) in [7, 11) is 0. The predicted molar refractivity (Wildman–Crippen MR) is 92.0 cm³/mol. The molecule has 2 aromatic heterocycles. The first-order valence-corrected chi connectivity index (χ1v) is 7.87. The van der Waals surface area contributed by atoms with Gasteiger partial charge in [-0.05, 0) is 25.3 Å². The Balaban J connectivity index is 2.19. The molecule has 1 aromatic carbocycles. The van der Waals surface area contributed by atoms with Crippen LogP contribution in [0.3, 0.4) is 0 Å².